The molecule has 57 valence electrons. The Hall–Kier alpha value is -0.410. The number of hydrogen-bond acceptors (Lipinski definition) is 3. The maximum atomic E-state index is 9.98. The fourth-order valence-corrected chi connectivity index (χ4v) is 1.05. The highest BCUT2D eigenvalue weighted by atomic mass is 16.5. The standard InChI is InChI=1S/C7H12NO2/c9-5-3-8-2-1-6-10-7-4-8/h1-4,6-7H2. The first-order valence-electron chi connectivity index (χ1n) is 3.58. The monoisotopic (exact) mass is 142 g/mol. The van der Waals surface area contributed by atoms with Gasteiger partial charge in [0.05, 0.1) is 13.2 Å². The lowest BCUT2D eigenvalue weighted by Gasteiger charge is -2.13. The third-order valence-electron chi connectivity index (χ3n) is 1.60. The molecule has 3 nitrogen and oxygen atoms in total. The Morgan fingerprint density at radius 1 is 1.40 bits per heavy atom. The van der Waals surface area contributed by atoms with Gasteiger partial charge in [0.2, 0.25) is 6.29 Å². The van der Waals surface area contributed by atoms with Crippen LogP contribution in [0.3, 0.4) is 0 Å². The number of rotatable bonds is 2. The fourth-order valence-electron chi connectivity index (χ4n) is 1.05. The average molecular weight is 142 g/mol. The summed E-state index contributed by atoms with van der Waals surface area (Å²) in [6.45, 7) is 3.85. The molecule has 0 spiro atoms. The molecule has 0 aromatic carbocycles. The van der Waals surface area contributed by atoms with E-state index in [2.05, 4.69) is 4.90 Å². The second kappa shape index (κ2) is 4.41. The normalized spacial score (nSPS) is 22.0. The second-order valence-electron chi connectivity index (χ2n) is 2.39. The molecule has 0 unspecified atom stereocenters. The van der Waals surface area contributed by atoms with Gasteiger partial charge in [-0.15, -0.1) is 0 Å². The van der Waals surface area contributed by atoms with Crippen LogP contribution in [0.2, 0.25) is 0 Å². The van der Waals surface area contributed by atoms with Crippen LogP contribution in [0.4, 0.5) is 0 Å². The molecule has 3 heteroatoms. The van der Waals surface area contributed by atoms with Crippen LogP contribution in [0, 0.1) is 0 Å². The van der Waals surface area contributed by atoms with Gasteiger partial charge >= 0.3 is 0 Å². The van der Waals surface area contributed by atoms with Crippen molar-refractivity contribution in [1.82, 2.24) is 4.90 Å². The van der Waals surface area contributed by atoms with E-state index in [1.54, 1.807) is 0 Å². The van der Waals surface area contributed by atoms with Crippen molar-refractivity contribution in [3.8, 4) is 0 Å². The van der Waals surface area contributed by atoms with E-state index in [9.17, 15) is 4.79 Å². The van der Waals surface area contributed by atoms with E-state index in [4.69, 9.17) is 4.74 Å². The van der Waals surface area contributed by atoms with Crippen molar-refractivity contribution in [3.63, 3.8) is 0 Å². The Morgan fingerprint density at radius 2 is 2.30 bits per heavy atom. The van der Waals surface area contributed by atoms with Crippen molar-refractivity contribution in [1.29, 1.82) is 0 Å². The lowest BCUT2D eigenvalue weighted by molar-refractivity contribution is 0.143. The Labute approximate surface area is 61.0 Å². The molecule has 1 aliphatic heterocycles. The Kier molecular flexibility index (Phi) is 3.40. The summed E-state index contributed by atoms with van der Waals surface area (Å²) >= 11 is 0. The number of ether oxygens (including phenoxy) is 1. The van der Waals surface area contributed by atoms with Crippen LogP contribution in [-0.2, 0) is 9.53 Å². The van der Waals surface area contributed by atoms with Gasteiger partial charge in [0, 0.05) is 19.7 Å². The zero-order valence-electron chi connectivity index (χ0n) is 6.01. The fraction of sp³-hybridized carbons (Fsp3) is 0.857. The van der Waals surface area contributed by atoms with Gasteiger partial charge in [0.25, 0.3) is 0 Å². The van der Waals surface area contributed by atoms with Crippen LogP contribution in [0.25, 0.3) is 0 Å². The first-order chi connectivity index (χ1) is 4.93. The van der Waals surface area contributed by atoms with E-state index in [1.807, 2.05) is 6.29 Å². The van der Waals surface area contributed by atoms with E-state index in [1.165, 1.54) is 0 Å². The molecule has 0 aromatic heterocycles. The first kappa shape index (κ1) is 7.69. The molecule has 0 amide bonds. The van der Waals surface area contributed by atoms with Crippen molar-refractivity contribution in [2.24, 2.45) is 0 Å². The summed E-state index contributed by atoms with van der Waals surface area (Å²) in [6.07, 6.45) is 2.92. The van der Waals surface area contributed by atoms with E-state index in [0.717, 1.165) is 32.7 Å². The Balaban J connectivity index is 2.21. The number of nitrogens with zero attached hydrogens (tertiary/aromatic N) is 1. The van der Waals surface area contributed by atoms with E-state index in [-0.39, 0.29) is 0 Å². The third-order valence-corrected chi connectivity index (χ3v) is 1.60. The smallest absolute Gasteiger partial charge is 0.213 e. The van der Waals surface area contributed by atoms with Crippen LogP contribution in [0.15, 0.2) is 0 Å². The minimum Gasteiger partial charge on any atom is -0.380 e. The minimum atomic E-state index is 0.434. The van der Waals surface area contributed by atoms with Crippen LogP contribution in [-0.4, -0.2) is 44.0 Å². The molecule has 1 radical (unpaired) electrons. The Morgan fingerprint density at radius 3 is 3.10 bits per heavy atom. The maximum Gasteiger partial charge on any atom is 0.213 e. The van der Waals surface area contributed by atoms with Crippen molar-refractivity contribution in [2.75, 3.05) is 32.8 Å². The van der Waals surface area contributed by atoms with Gasteiger partial charge in [-0.1, -0.05) is 0 Å². The predicted molar refractivity (Wildman–Crippen MR) is 37.6 cm³/mol. The highest BCUT2D eigenvalue weighted by molar-refractivity contribution is 5.52. The van der Waals surface area contributed by atoms with E-state index >= 15 is 0 Å². The summed E-state index contributed by atoms with van der Waals surface area (Å²) in [5.41, 5.74) is 0. The van der Waals surface area contributed by atoms with E-state index < -0.39 is 0 Å². The van der Waals surface area contributed by atoms with Crippen LogP contribution in [0.1, 0.15) is 6.42 Å². The van der Waals surface area contributed by atoms with Gasteiger partial charge in [0.1, 0.15) is 0 Å². The molecule has 10 heavy (non-hydrogen) atoms. The molecule has 0 saturated carbocycles. The molecule has 1 saturated heterocycles. The summed E-state index contributed by atoms with van der Waals surface area (Å²) in [6, 6.07) is 0. The van der Waals surface area contributed by atoms with Gasteiger partial charge < -0.3 is 4.74 Å². The molecule has 1 rings (SSSR count). The van der Waals surface area contributed by atoms with Crippen molar-refractivity contribution in [2.45, 2.75) is 6.42 Å². The summed E-state index contributed by atoms with van der Waals surface area (Å²) in [5, 5.41) is 0. The second-order valence-corrected chi connectivity index (χ2v) is 2.39. The largest absolute Gasteiger partial charge is 0.380 e. The van der Waals surface area contributed by atoms with Gasteiger partial charge in [-0.25, -0.2) is 0 Å². The van der Waals surface area contributed by atoms with Crippen molar-refractivity contribution < 1.29 is 9.53 Å². The maximum absolute atomic E-state index is 9.98. The topological polar surface area (TPSA) is 29.5 Å². The molecule has 0 N–H and O–H groups in total. The molecule has 1 heterocycles. The van der Waals surface area contributed by atoms with Crippen LogP contribution < -0.4 is 0 Å². The molecule has 0 bridgehead atoms. The quantitative estimate of drug-likeness (QED) is 0.535. The minimum absolute atomic E-state index is 0.434. The van der Waals surface area contributed by atoms with Crippen LogP contribution >= 0.6 is 0 Å². The molecule has 0 atom stereocenters. The van der Waals surface area contributed by atoms with Gasteiger partial charge in [-0.05, 0) is 6.42 Å². The summed E-state index contributed by atoms with van der Waals surface area (Å²) < 4.78 is 5.20. The van der Waals surface area contributed by atoms with Crippen molar-refractivity contribution >= 4 is 6.29 Å². The van der Waals surface area contributed by atoms with Gasteiger partial charge in [0.15, 0.2) is 0 Å². The van der Waals surface area contributed by atoms with Gasteiger partial charge in [-0.3, -0.25) is 9.69 Å². The SMILES string of the molecule is O=[C]CN1CCCOCC1. The molecule has 0 aliphatic carbocycles. The summed E-state index contributed by atoms with van der Waals surface area (Å²) in [7, 11) is 0. The summed E-state index contributed by atoms with van der Waals surface area (Å²) in [5.74, 6) is 0. The predicted octanol–water partition coefficient (Wildman–Crippen LogP) is -0.182. The molecular weight excluding hydrogens is 130 g/mol. The highest BCUT2D eigenvalue weighted by Gasteiger charge is 2.07. The molecular formula is C7H12NO2. The van der Waals surface area contributed by atoms with E-state index in [0.29, 0.717) is 6.54 Å². The lowest BCUT2D eigenvalue weighted by Crippen LogP contribution is -2.27. The number of carbonyl (C=O) groups excluding carboxylic acids is 1. The van der Waals surface area contributed by atoms with Crippen molar-refractivity contribution in [3.05, 3.63) is 0 Å². The molecule has 0 aromatic rings. The third kappa shape index (κ3) is 2.45. The Bertz CT molecular complexity index is 97.8. The zero-order chi connectivity index (χ0) is 7.23. The van der Waals surface area contributed by atoms with Crippen LogP contribution in [0.5, 0.6) is 0 Å². The summed E-state index contributed by atoms with van der Waals surface area (Å²) in [4.78, 5) is 12.0. The van der Waals surface area contributed by atoms with Gasteiger partial charge in [-0.2, -0.15) is 0 Å². The highest BCUT2D eigenvalue weighted by Crippen LogP contribution is 1.96. The molecule has 1 fully saturated rings. The number of hydrogen-bond donors (Lipinski definition) is 0. The zero-order valence-corrected chi connectivity index (χ0v) is 6.01. The first-order valence-corrected chi connectivity index (χ1v) is 3.58. The lowest BCUT2D eigenvalue weighted by atomic mass is 10.4. The average Bonchev–Trinajstić information content (AvgIpc) is 2.17. The molecule has 1 aliphatic rings.